The van der Waals surface area contributed by atoms with Crippen LogP contribution in [0.3, 0.4) is 0 Å². The molecule has 4 rings (SSSR count). The minimum absolute atomic E-state index is 0.202. The molecule has 4 aliphatic carbocycles. The van der Waals surface area contributed by atoms with Gasteiger partial charge >= 0.3 is 0 Å². The van der Waals surface area contributed by atoms with Gasteiger partial charge in [0.15, 0.2) is 0 Å². The molecule has 4 saturated carbocycles. The van der Waals surface area contributed by atoms with Gasteiger partial charge in [0.2, 0.25) is 11.8 Å². The molecule has 0 saturated heterocycles. The van der Waals surface area contributed by atoms with Gasteiger partial charge in [-0.1, -0.05) is 13.8 Å². The molecule has 4 nitrogen and oxygen atoms in total. The maximum Gasteiger partial charge on any atom is 0.219 e. The van der Waals surface area contributed by atoms with Crippen molar-refractivity contribution in [2.75, 3.05) is 14.1 Å². The van der Waals surface area contributed by atoms with E-state index >= 15 is 0 Å². The maximum absolute atomic E-state index is 12.1. The molecule has 0 heterocycles. The second-order valence-electron chi connectivity index (χ2n) is 12.3. The number of nitrogens with zero attached hydrogens (tertiary/aromatic N) is 2. The van der Waals surface area contributed by atoms with Crippen molar-refractivity contribution in [3.63, 3.8) is 0 Å². The predicted molar refractivity (Wildman–Crippen MR) is 125 cm³/mol. The Kier molecular flexibility index (Phi) is 6.01. The molecule has 4 fully saturated rings. The summed E-state index contributed by atoms with van der Waals surface area (Å²) in [5, 5.41) is 0. The fourth-order valence-electron chi connectivity index (χ4n) is 9.23. The Morgan fingerprint density at radius 2 is 1.48 bits per heavy atom. The van der Waals surface area contributed by atoms with E-state index in [4.69, 9.17) is 0 Å². The predicted octanol–water partition coefficient (Wildman–Crippen LogP) is 5.36. The van der Waals surface area contributed by atoms with Crippen LogP contribution in [0.25, 0.3) is 0 Å². The van der Waals surface area contributed by atoms with Gasteiger partial charge in [-0.2, -0.15) is 0 Å². The standard InChI is InChI=1S/C27H46N2O2/c1-17(28(6)18(2)30)23-10-11-24-22-9-8-20-16-21(29(7)19(3)31)12-14-26(20,4)25(22)13-15-27(23,24)5/h17,20-25H,8-16H2,1-7H3/t17-,20+,21+,22+,23-,24+,25-,26+,27-/m1/s1. The molecule has 4 aliphatic rings. The third kappa shape index (κ3) is 3.55. The minimum atomic E-state index is 0.202. The van der Waals surface area contributed by atoms with Crippen molar-refractivity contribution < 1.29 is 9.59 Å². The normalized spacial score (nSPS) is 45.1. The Morgan fingerprint density at radius 1 is 0.839 bits per heavy atom. The first-order valence-electron chi connectivity index (χ1n) is 13.0. The summed E-state index contributed by atoms with van der Waals surface area (Å²) in [5.41, 5.74) is 0.845. The van der Waals surface area contributed by atoms with Crippen LogP contribution in [0.15, 0.2) is 0 Å². The van der Waals surface area contributed by atoms with E-state index in [0.29, 0.717) is 28.8 Å². The highest BCUT2D eigenvalue weighted by Crippen LogP contribution is 2.68. The number of carbonyl (C=O) groups excluding carboxylic acids is 2. The van der Waals surface area contributed by atoms with E-state index < -0.39 is 0 Å². The molecule has 0 N–H and O–H groups in total. The van der Waals surface area contributed by atoms with Crippen LogP contribution in [0, 0.1) is 40.4 Å². The van der Waals surface area contributed by atoms with E-state index in [1.807, 2.05) is 23.9 Å². The maximum atomic E-state index is 12.1. The van der Waals surface area contributed by atoms with Gasteiger partial charge in [-0.25, -0.2) is 0 Å². The molecule has 0 spiro atoms. The van der Waals surface area contributed by atoms with E-state index in [1.54, 1.807) is 13.8 Å². The molecule has 176 valence electrons. The number of carbonyl (C=O) groups is 2. The fourth-order valence-corrected chi connectivity index (χ4v) is 9.23. The molecule has 0 aliphatic heterocycles. The number of rotatable bonds is 3. The molecule has 0 aromatic carbocycles. The summed E-state index contributed by atoms with van der Waals surface area (Å²) in [6.07, 6.45) is 11.7. The highest BCUT2D eigenvalue weighted by molar-refractivity contribution is 5.73. The van der Waals surface area contributed by atoms with Crippen molar-refractivity contribution in [1.82, 2.24) is 9.80 Å². The van der Waals surface area contributed by atoms with Gasteiger partial charge in [-0.15, -0.1) is 0 Å². The quantitative estimate of drug-likeness (QED) is 0.605. The van der Waals surface area contributed by atoms with Crippen LogP contribution >= 0.6 is 0 Å². The Hall–Kier alpha value is -1.06. The summed E-state index contributed by atoms with van der Waals surface area (Å²) in [6.45, 7) is 10.9. The van der Waals surface area contributed by atoms with Crippen molar-refractivity contribution in [3.05, 3.63) is 0 Å². The van der Waals surface area contributed by atoms with Crippen LogP contribution in [-0.2, 0) is 9.59 Å². The van der Waals surface area contributed by atoms with Crippen molar-refractivity contribution in [2.24, 2.45) is 40.4 Å². The summed E-state index contributed by atoms with van der Waals surface area (Å²) in [6, 6.07) is 0.786. The number of hydrogen-bond acceptors (Lipinski definition) is 2. The number of fused-ring (bicyclic) bond motifs is 5. The number of amides is 2. The molecule has 0 unspecified atom stereocenters. The van der Waals surface area contributed by atoms with Gasteiger partial charge in [-0.3, -0.25) is 9.59 Å². The smallest absolute Gasteiger partial charge is 0.219 e. The summed E-state index contributed by atoms with van der Waals surface area (Å²) in [4.78, 5) is 28.0. The summed E-state index contributed by atoms with van der Waals surface area (Å²) >= 11 is 0. The monoisotopic (exact) mass is 430 g/mol. The molecule has 4 heteroatoms. The highest BCUT2D eigenvalue weighted by atomic mass is 16.2. The first-order valence-corrected chi connectivity index (χ1v) is 13.0. The lowest BCUT2D eigenvalue weighted by atomic mass is 9.44. The zero-order valence-electron chi connectivity index (χ0n) is 21.1. The molecule has 9 atom stereocenters. The van der Waals surface area contributed by atoms with Crippen molar-refractivity contribution >= 4 is 11.8 Å². The number of hydrogen-bond donors (Lipinski definition) is 0. The van der Waals surface area contributed by atoms with Crippen LogP contribution < -0.4 is 0 Å². The lowest BCUT2D eigenvalue weighted by molar-refractivity contribution is -0.141. The van der Waals surface area contributed by atoms with Crippen molar-refractivity contribution in [2.45, 2.75) is 104 Å². The van der Waals surface area contributed by atoms with Crippen LogP contribution in [0.2, 0.25) is 0 Å². The molecule has 0 radical (unpaired) electrons. The largest absolute Gasteiger partial charge is 0.343 e. The molecule has 0 bridgehead atoms. The molecular formula is C27H46N2O2. The van der Waals surface area contributed by atoms with Crippen molar-refractivity contribution in [1.29, 1.82) is 0 Å². The van der Waals surface area contributed by atoms with Gasteiger partial charge in [0.25, 0.3) is 0 Å². The lowest BCUT2D eigenvalue weighted by Gasteiger charge is -2.62. The van der Waals surface area contributed by atoms with Gasteiger partial charge in [0.1, 0.15) is 0 Å². The van der Waals surface area contributed by atoms with Crippen LogP contribution in [-0.4, -0.2) is 47.8 Å². The minimum Gasteiger partial charge on any atom is -0.343 e. The summed E-state index contributed by atoms with van der Waals surface area (Å²) in [5.74, 6) is 4.38. The van der Waals surface area contributed by atoms with E-state index in [2.05, 4.69) is 20.8 Å². The van der Waals surface area contributed by atoms with E-state index in [-0.39, 0.29) is 11.8 Å². The molecule has 0 aromatic heterocycles. The Bertz CT molecular complexity index is 722. The Morgan fingerprint density at radius 3 is 2.13 bits per heavy atom. The van der Waals surface area contributed by atoms with Gasteiger partial charge in [0, 0.05) is 40.0 Å². The second-order valence-corrected chi connectivity index (χ2v) is 12.3. The second kappa shape index (κ2) is 8.06. The van der Waals surface area contributed by atoms with Crippen LogP contribution in [0.4, 0.5) is 0 Å². The molecule has 0 aromatic rings. The molecular weight excluding hydrogens is 384 g/mol. The third-order valence-corrected chi connectivity index (χ3v) is 11.4. The first-order chi connectivity index (χ1) is 14.5. The van der Waals surface area contributed by atoms with Crippen LogP contribution in [0.5, 0.6) is 0 Å². The highest BCUT2D eigenvalue weighted by Gasteiger charge is 2.61. The molecule has 2 amide bonds. The van der Waals surface area contributed by atoms with E-state index in [0.717, 1.165) is 23.7 Å². The van der Waals surface area contributed by atoms with Crippen molar-refractivity contribution in [3.8, 4) is 0 Å². The van der Waals surface area contributed by atoms with Gasteiger partial charge in [-0.05, 0) is 105 Å². The average molecular weight is 431 g/mol. The Balaban J connectivity index is 1.51. The lowest BCUT2D eigenvalue weighted by Crippen LogP contribution is -2.56. The summed E-state index contributed by atoms with van der Waals surface area (Å²) < 4.78 is 0. The van der Waals surface area contributed by atoms with E-state index in [1.165, 1.54) is 57.8 Å². The van der Waals surface area contributed by atoms with Crippen LogP contribution in [0.1, 0.15) is 92.4 Å². The summed E-state index contributed by atoms with van der Waals surface area (Å²) in [7, 11) is 4.00. The first kappa shape index (κ1) is 23.1. The average Bonchev–Trinajstić information content (AvgIpc) is 3.08. The zero-order chi connectivity index (χ0) is 22.7. The topological polar surface area (TPSA) is 40.6 Å². The van der Waals surface area contributed by atoms with Gasteiger partial charge in [0.05, 0.1) is 0 Å². The van der Waals surface area contributed by atoms with Gasteiger partial charge < -0.3 is 9.80 Å². The third-order valence-electron chi connectivity index (χ3n) is 11.4. The molecule has 31 heavy (non-hydrogen) atoms. The SMILES string of the molecule is CC(=O)N(C)[C@H]1CC[C@@]2(C)[C@@H](CC[C@@H]3[C@H]2CC[C@]2(C)[C@@H]([C@@H](C)N(C)C(C)=O)CC[C@@H]32)C1. The zero-order valence-corrected chi connectivity index (χ0v) is 21.1. The Labute approximate surface area is 190 Å². The van der Waals surface area contributed by atoms with E-state index in [9.17, 15) is 9.59 Å². The fraction of sp³-hybridized carbons (Fsp3) is 0.926.